The minimum Gasteiger partial charge on any atom is -0.338 e. The molecule has 1 spiro atoms. The summed E-state index contributed by atoms with van der Waals surface area (Å²) in [5, 5.41) is 2.81. The fourth-order valence-corrected chi connectivity index (χ4v) is 3.80. The number of benzene rings is 1. The third-order valence-corrected chi connectivity index (χ3v) is 5.08. The highest BCUT2D eigenvalue weighted by Crippen LogP contribution is 2.40. The van der Waals surface area contributed by atoms with Crippen LogP contribution in [0.1, 0.15) is 31.7 Å². The van der Waals surface area contributed by atoms with Gasteiger partial charge in [-0.05, 0) is 43.9 Å². The summed E-state index contributed by atoms with van der Waals surface area (Å²) in [4.78, 5) is 28.7. The molecule has 3 rings (SSSR count). The van der Waals surface area contributed by atoms with Crippen molar-refractivity contribution in [3.05, 3.63) is 35.6 Å². The second-order valence-electron chi connectivity index (χ2n) is 6.74. The summed E-state index contributed by atoms with van der Waals surface area (Å²) in [7, 11) is 0. The van der Waals surface area contributed by atoms with E-state index >= 15 is 0 Å². The maximum Gasteiger partial charge on any atom is 0.317 e. The van der Waals surface area contributed by atoms with Crippen molar-refractivity contribution in [2.24, 2.45) is 5.41 Å². The molecule has 6 heteroatoms. The van der Waals surface area contributed by atoms with Crippen molar-refractivity contribution in [3.63, 3.8) is 0 Å². The monoisotopic (exact) mass is 333 g/mol. The van der Waals surface area contributed by atoms with Crippen LogP contribution in [0.2, 0.25) is 0 Å². The topological polar surface area (TPSA) is 52.7 Å². The quantitative estimate of drug-likeness (QED) is 0.923. The van der Waals surface area contributed by atoms with Gasteiger partial charge in [0.15, 0.2) is 0 Å². The Hall–Kier alpha value is -2.11. The summed E-state index contributed by atoms with van der Waals surface area (Å²) < 4.78 is 13.0. The molecule has 0 unspecified atom stereocenters. The molecule has 1 atom stereocenters. The number of carbonyl (C=O) groups excluding carboxylic acids is 2. The zero-order valence-corrected chi connectivity index (χ0v) is 14.1. The van der Waals surface area contributed by atoms with Gasteiger partial charge in [-0.2, -0.15) is 0 Å². The summed E-state index contributed by atoms with van der Waals surface area (Å²) in [6.45, 7) is 4.83. The fraction of sp³-hybridized carbons (Fsp3) is 0.556. The minimum atomic E-state index is -0.441. The van der Waals surface area contributed by atoms with E-state index in [0.29, 0.717) is 26.2 Å². The summed E-state index contributed by atoms with van der Waals surface area (Å²) in [6.07, 6.45) is 2.50. The first-order chi connectivity index (χ1) is 11.5. The van der Waals surface area contributed by atoms with Gasteiger partial charge in [-0.1, -0.05) is 12.1 Å². The first kappa shape index (κ1) is 16.7. The van der Waals surface area contributed by atoms with Crippen molar-refractivity contribution in [1.82, 2.24) is 15.1 Å². The number of hydrogen-bond donors (Lipinski definition) is 1. The maximum absolute atomic E-state index is 13.0. The molecule has 1 aromatic rings. The predicted octanol–water partition coefficient (Wildman–Crippen LogP) is 2.37. The molecule has 2 aliphatic heterocycles. The van der Waals surface area contributed by atoms with Crippen LogP contribution in [0.5, 0.6) is 0 Å². The number of amides is 3. The van der Waals surface area contributed by atoms with Gasteiger partial charge in [-0.3, -0.25) is 4.79 Å². The molecule has 3 amide bonds. The van der Waals surface area contributed by atoms with Crippen molar-refractivity contribution in [2.75, 3.05) is 26.2 Å². The summed E-state index contributed by atoms with van der Waals surface area (Å²) >= 11 is 0. The second-order valence-corrected chi connectivity index (χ2v) is 6.74. The molecule has 5 nitrogen and oxygen atoms in total. The number of carbonyl (C=O) groups is 2. The highest BCUT2D eigenvalue weighted by Gasteiger charge is 2.49. The smallest absolute Gasteiger partial charge is 0.317 e. The highest BCUT2D eigenvalue weighted by atomic mass is 19.1. The molecule has 130 valence electrons. The van der Waals surface area contributed by atoms with Gasteiger partial charge < -0.3 is 15.1 Å². The summed E-state index contributed by atoms with van der Waals surface area (Å²) in [5.41, 5.74) is 0.490. The lowest BCUT2D eigenvalue weighted by molar-refractivity contribution is -0.146. The normalized spacial score (nSPS) is 23.8. The van der Waals surface area contributed by atoms with E-state index in [1.807, 2.05) is 11.8 Å². The van der Waals surface area contributed by atoms with Gasteiger partial charge in [0, 0.05) is 32.7 Å². The second kappa shape index (κ2) is 6.79. The Kier molecular flexibility index (Phi) is 4.73. The molecule has 24 heavy (non-hydrogen) atoms. The van der Waals surface area contributed by atoms with Crippen LogP contribution in [-0.4, -0.2) is 47.9 Å². The number of urea groups is 1. The molecule has 0 radical (unpaired) electrons. The van der Waals surface area contributed by atoms with Crippen molar-refractivity contribution >= 4 is 11.9 Å². The van der Waals surface area contributed by atoms with Gasteiger partial charge in [0.1, 0.15) is 5.82 Å². The molecular weight excluding hydrogens is 309 g/mol. The first-order valence-corrected chi connectivity index (χ1v) is 8.61. The molecule has 0 saturated carbocycles. The third-order valence-electron chi connectivity index (χ3n) is 5.08. The Balaban J connectivity index is 1.69. The lowest BCUT2D eigenvalue weighted by Crippen LogP contribution is -2.50. The number of nitrogens with one attached hydrogen (secondary N) is 1. The van der Waals surface area contributed by atoms with Crippen LogP contribution < -0.4 is 5.32 Å². The van der Waals surface area contributed by atoms with Crippen LogP contribution in [0.25, 0.3) is 0 Å². The third kappa shape index (κ3) is 3.23. The van der Waals surface area contributed by atoms with E-state index in [-0.39, 0.29) is 17.8 Å². The number of likely N-dealkylation sites (tertiary alicyclic amines) is 2. The van der Waals surface area contributed by atoms with E-state index < -0.39 is 5.41 Å². The van der Waals surface area contributed by atoms with Gasteiger partial charge in [0.2, 0.25) is 5.91 Å². The molecule has 2 aliphatic rings. The number of piperidine rings is 1. The van der Waals surface area contributed by atoms with Gasteiger partial charge >= 0.3 is 6.03 Å². The van der Waals surface area contributed by atoms with E-state index in [4.69, 9.17) is 0 Å². The van der Waals surface area contributed by atoms with Gasteiger partial charge in [0.05, 0.1) is 5.41 Å². The number of hydrogen-bond acceptors (Lipinski definition) is 2. The largest absolute Gasteiger partial charge is 0.338 e. The van der Waals surface area contributed by atoms with Crippen LogP contribution >= 0.6 is 0 Å². The Labute approximate surface area is 141 Å². The molecule has 0 aliphatic carbocycles. The Bertz CT molecular complexity index is 619. The zero-order valence-electron chi connectivity index (χ0n) is 14.1. The van der Waals surface area contributed by atoms with Crippen molar-refractivity contribution in [3.8, 4) is 0 Å². The molecule has 1 N–H and O–H groups in total. The molecule has 0 bridgehead atoms. The van der Waals surface area contributed by atoms with E-state index in [9.17, 15) is 14.0 Å². The Morgan fingerprint density at radius 3 is 2.71 bits per heavy atom. The Morgan fingerprint density at radius 2 is 2.00 bits per heavy atom. The van der Waals surface area contributed by atoms with E-state index in [2.05, 4.69) is 5.32 Å². The van der Waals surface area contributed by atoms with E-state index in [0.717, 1.165) is 31.4 Å². The van der Waals surface area contributed by atoms with Crippen molar-refractivity contribution < 1.29 is 14.0 Å². The number of halogens is 1. The molecule has 2 saturated heterocycles. The van der Waals surface area contributed by atoms with Crippen molar-refractivity contribution in [1.29, 1.82) is 0 Å². The zero-order chi connectivity index (χ0) is 17.2. The van der Waals surface area contributed by atoms with Crippen LogP contribution in [0.15, 0.2) is 24.3 Å². The van der Waals surface area contributed by atoms with E-state index in [1.165, 1.54) is 12.1 Å². The lowest BCUT2D eigenvalue weighted by Gasteiger charge is -2.39. The standard InChI is InChI=1S/C18H24FN3O2/c1-2-20-17(24)22-11-9-18(13-22)8-3-10-21(16(18)23)12-14-4-6-15(19)7-5-14/h4-7H,2-3,8-13H2,1H3,(H,20,24)/t18-/m1/s1. The molecule has 1 aromatic carbocycles. The summed E-state index contributed by atoms with van der Waals surface area (Å²) in [5.74, 6) is -0.140. The van der Waals surface area contributed by atoms with Gasteiger partial charge in [0.25, 0.3) is 0 Å². The number of nitrogens with zero attached hydrogens (tertiary/aromatic N) is 2. The predicted molar refractivity (Wildman–Crippen MR) is 88.7 cm³/mol. The molecule has 2 heterocycles. The number of rotatable bonds is 3. The van der Waals surface area contributed by atoms with E-state index in [1.54, 1.807) is 17.0 Å². The van der Waals surface area contributed by atoms with Crippen LogP contribution in [0, 0.1) is 11.2 Å². The average molecular weight is 333 g/mol. The maximum atomic E-state index is 13.0. The summed E-state index contributed by atoms with van der Waals surface area (Å²) in [6, 6.07) is 6.20. The van der Waals surface area contributed by atoms with Crippen LogP contribution in [0.4, 0.5) is 9.18 Å². The lowest BCUT2D eigenvalue weighted by atomic mass is 9.78. The van der Waals surface area contributed by atoms with Gasteiger partial charge in [-0.25, -0.2) is 9.18 Å². The molecule has 2 fully saturated rings. The van der Waals surface area contributed by atoms with Gasteiger partial charge in [-0.15, -0.1) is 0 Å². The van der Waals surface area contributed by atoms with Crippen molar-refractivity contribution in [2.45, 2.75) is 32.7 Å². The Morgan fingerprint density at radius 1 is 1.25 bits per heavy atom. The van der Waals surface area contributed by atoms with Crippen LogP contribution in [0.3, 0.4) is 0 Å². The molecule has 0 aromatic heterocycles. The highest BCUT2D eigenvalue weighted by molar-refractivity contribution is 5.85. The molecular formula is C18H24FN3O2. The SMILES string of the molecule is CCNC(=O)N1CC[C@]2(CCCN(Cc3ccc(F)cc3)C2=O)C1. The average Bonchev–Trinajstić information content (AvgIpc) is 3.00. The van der Waals surface area contributed by atoms with Crippen LogP contribution in [-0.2, 0) is 11.3 Å². The first-order valence-electron chi connectivity index (χ1n) is 8.61. The fourth-order valence-electron chi connectivity index (χ4n) is 3.80. The minimum absolute atomic E-state index is 0.0853.